The van der Waals surface area contributed by atoms with E-state index in [-0.39, 0.29) is 12.3 Å². The molecule has 0 saturated heterocycles. The van der Waals surface area contributed by atoms with Crippen molar-refractivity contribution in [1.82, 2.24) is 0 Å². The molecule has 0 bridgehead atoms. The van der Waals surface area contributed by atoms with Crippen molar-refractivity contribution in [3.8, 4) is 5.75 Å². The van der Waals surface area contributed by atoms with Crippen molar-refractivity contribution < 1.29 is 13.5 Å². The lowest BCUT2D eigenvalue weighted by molar-refractivity contribution is 0.270. The fraction of sp³-hybridized carbons (Fsp3) is 0.538. The van der Waals surface area contributed by atoms with E-state index in [1.54, 1.807) is 0 Å². The number of hydrogen-bond acceptors (Lipinski definition) is 2. The monoisotopic (exact) mass is 243 g/mol. The summed E-state index contributed by atoms with van der Waals surface area (Å²) in [6.45, 7) is 4.63. The van der Waals surface area contributed by atoms with Crippen LogP contribution in [-0.4, -0.2) is 6.61 Å². The number of ether oxygens (including phenoxy) is 1. The Balaban J connectivity index is 2.59. The highest BCUT2D eigenvalue weighted by Gasteiger charge is 2.12. The molecule has 1 aromatic carbocycles. The van der Waals surface area contributed by atoms with Crippen LogP contribution >= 0.6 is 0 Å². The Morgan fingerprint density at radius 2 is 1.82 bits per heavy atom. The third kappa shape index (κ3) is 4.30. The van der Waals surface area contributed by atoms with E-state index in [9.17, 15) is 8.78 Å². The van der Waals surface area contributed by atoms with E-state index in [0.717, 1.165) is 12.8 Å². The summed E-state index contributed by atoms with van der Waals surface area (Å²) in [5.41, 5.74) is 5.74. The zero-order chi connectivity index (χ0) is 12.8. The van der Waals surface area contributed by atoms with Crippen LogP contribution in [0.4, 0.5) is 8.78 Å². The van der Waals surface area contributed by atoms with Gasteiger partial charge < -0.3 is 10.5 Å². The molecule has 0 unspecified atom stereocenters. The second-order valence-corrected chi connectivity index (χ2v) is 4.48. The smallest absolute Gasteiger partial charge is 0.190 e. The molecule has 0 heterocycles. The topological polar surface area (TPSA) is 35.2 Å². The molecule has 0 aliphatic rings. The van der Waals surface area contributed by atoms with Gasteiger partial charge in [-0.05, 0) is 36.5 Å². The Hall–Kier alpha value is -1.16. The summed E-state index contributed by atoms with van der Waals surface area (Å²) in [5.74, 6) is -1.11. The highest BCUT2D eigenvalue weighted by atomic mass is 19.1. The van der Waals surface area contributed by atoms with Crippen LogP contribution in [0.1, 0.15) is 32.3 Å². The molecule has 0 spiro atoms. The van der Waals surface area contributed by atoms with Crippen LogP contribution in [0.3, 0.4) is 0 Å². The number of rotatable bonds is 6. The molecule has 1 rings (SSSR count). The first kappa shape index (κ1) is 13.9. The average molecular weight is 243 g/mol. The van der Waals surface area contributed by atoms with Gasteiger partial charge in [0.25, 0.3) is 0 Å². The van der Waals surface area contributed by atoms with Gasteiger partial charge in [0.1, 0.15) is 0 Å². The lowest BCUT2D eigenvalue weighted by atomic mass is 10.1. The molecular weight excluding hydrogens is 224 g/mol. The van der Waals surface area contributed by atoms with Gasteiger partial charge in [0.2, 0.25) is 0 Å². The van der Waals surface area contributed by atoms with E-state index in [4.69, 9.17) is 10.5 Å². The highest BCUT2D eigenvalue weighted by molar-refractivity contribution is 5.31. The first-order valence-corrected chi connectivity index (χ1v) is 5.85. The maximum absolute atomic E-state index is 13.5. The van der Waals surface area contributed by atoms with Gasteiger partial charge in [-0.3, -0.25) is 0 Å². The number of halogens is 2. The molecule has 0 saturated carbocycles. The second-order valence-electron chi connectivity index (χ2n) is 4.48. The maximum atomic E-state index is 13.5. The third-order valence-corrected chi connectivity index (χ3v) is 2.47. The summed E-state index contributed by atoms with van der Waals surface area (Å²) in [4.78, 5) is 0. The van der Waals surface area contributed by atoms with Gasteiger partial charge in [0.05, 0.1) is 6.61 Å². The lowest BCUT2D eigenvalue weighted by Crippen LogP contribution is -2.05. The van der Waals surface area contributed by atoms with Gasteiger partial charge in [0.15, 0.2) is 17.4 Å². The van der Waals surface area contributed by atoms with Gasteiger partial charge in [-0.2, -0.15) is 0 Å². The van der Waals surface area contributed by atoms with E-state index in [1.165, 1.54) is 12.1 Å². The SMILES string of the molecule is CC(C)CCCOc1c(F)cc(CN)cc1F. The van der Waals surface area contributed by atoms with Crippen molar-refractivity contribution in [1.29, 1.82) is 0 Å². The molecule has 0 radical (unpaired) electrons. The molecule has 0 fully saturated rings. The molecule has 0 amide bonds. The Labute approximate surface area is 101 Å². The summed E-state index contributed by atoms with van der Waals surface area (Å²) in [6.07, 6.45) is 1.76. The van der Waals surface area contributed by atoms with Gasteiger partial charge in [0, 0.05) is 6.54 Å². The van der Waals surface area contributed by atoms with Crippen LogP contribution < -0.4 is 10.5 Å². The minimum atomic E-state index is -0.685. The van der Waals surface area contributed by atoms with E-state index in [0.29, 0.717) is 18.1 Å². The van der Waals surface area contributed by atoms with Gasteiger partial charge in [-0.25, -0.2) is 8.78 Å². The van der Waals surface area contributed by atoms with Crippen LogP contribution in [0, 0.1) is 17.6 Å². The summed E-state index contributed by atoms with van der Waals surface area (Å²) in [5, 5.41) is 0. The minimum absolute atomic E-state index is 0.113. The maximum Gasteiger partial charge on any atom is 0.190 e. The molecule has 4 heteroatoms. The van der Waals surface area contributed by atoms with Gasteiger partial charge >= 0.3 is 0 Å². The Bertz CT molecular complexity index is 343. The van der Waals surface area contributed by atoms with Crippen LogP contribution in [0.25, 0.3) is 0 Å². The van der Waals surface area contributed by atoms with Crippen molar-refractivity contribution >= 4 is 0 Å². The lowest BCUT2D eigenvalue weighted by Gasteiger charge is -2.10. The van der Waals surface area contributed by atoms with Gasteiger partial charge in [-0.1, -0.05) is 13.8 Å². The molecule has 0 atom stereocenters. The van der Waals surface area contributed by atoms with Crippen molar-refractivity contribution in [3.05, 3.63) is 29.3 Å². The summed E-state index contributed by atoms with van der Waals surface area (Å²) in [7, 11) is 0. The normalized spacial score (nSPS) is 10.9. The average Bonchev–Trinajstić information content (AvgIpc) is 2.26. The minimum Gasteiger partial charge on any atom is -0.488 e. The van der Waals surface area contributed by atoms with E-state index in [2.05, 4.69) is 13.8 Å². The highest BCUT2D eigenvalue weighted by Crippen LogP contribution is 2.23. The van der Waals surface area contributed by atoms with Crippen LogP contribution in [0.5, 0.6) is 5.75 Å². The Kier molecular flexibility index (Phi) is 5.35. The molecule has 96 valence electrons. The largest absolute Gasteiger partial charge is 0.488 e. The Morgan fingerprint density at radius 1 is 1.24 bits per heavy atom. The first-order chi connectivity index (χ1) is 8.04. The zero-order valence-corrected chi connectivity index (χ0v) is 10.3. The fourth-order valence-electron chi connectivity index (χ4n) is 1.53. The zero-order valence-electron chi connectivity index (χ0n) is 10.3. The molecule has 1 aromatic rings. The van der Waals surface area contributed by atoms with Crippen molar-refractivity contribution in [3.63, 3.8) is 0 Å². The third-order valence-electron chi connectivity index (χ3n) is 2.47. The summed E-state index contributed by atoms with van der Waals surface area (Å²) >= 11 is 0. The Morgan fingerprint density at radius 3 is 2.29 bits per heavy atom. The van der Waals surface area contributed by atoms with Crippen LogP contribution in [0.15, 0.2) is 12.1 Å². The summed E-state index contributed by atoms with van der Waals surface area (Å²) < 4.78 is 32.1. The van der Waals surface area contributed by atoms with Crippen molar-refractivity contribution in [2.24, 2.45) is 11.7 Å². The molecule has 0 aromatic heterocycles. The molecule has 2 nitrogen and oxygen atoms in total. The molecule has 0 aliphatic heterocycles. The van der Waals surface area contributed by atoms with Crippen LogP contribution in [0.2, 0.25) is 0 Å². The standard InChI is InChI=1S/C13H19F2NO/c1-9(2)4-3-5-17-13-11(14)6-10(8-16)7-12(13)15/h6-7,9H,3-5,8,16H2,1-2H3. The van der Waals surface area contributed by atoms with Crippen molar-refractivity contribution in [2.75, 3.05) is 6.61 Å². The number of hydrogen-bond donors (Lipinski definition) is 1. The molecule has 0 aliphatic carbocycles. The first-order valence-electron chi connectivity index (χ1n) is 5.85. The van der Waals surface area contributed by atoms with Gasteiger partial charge in [-0.15, -0.1) is 0 Å². The van der Waals surface area contributed by atoms with E-state index >= 15 is 0 Å². The molecule has 2 N–H and O–H groups in total. The summed E-state index contributed by atoms with van der Waals surface area (Å²) in [6, 6.07) is 2.42. The van der Waals surface area contributed by atoms with Crippen molar-refractivity contribution in [2.45, 2.75) is 33.2 Å². The van der Waals surface area contributed by atoms with Crippen LogP contribution in [-0.2, 0) is 6.54 Å². The second kappa shape index (κ2) is 6.55. The van der Waals surface area contributed by atoms with E-state index < -0.39 is 11.6 Å². The number of benzene rings is 1. The predicted octanol–water partition coefficient (Wildman–Crippen LogP) is 3.24. The number of nitrogens with two attached hydrogens (primary N) is 1. The molecule has 17 heavy (non-hydrogen) atoms. The predicted molar refractivity (Wildman–Crippen MR) is 63.8 cm³/mol. The molecular formula is C13H19F2NO. The quantitative estimate of drug-likeness (QED) is 0.778. The van der Waals surface area contributed by atoms with E-state index in [1.807, 2.05) is 0 Å². The fourth-order valence-corrected chi connectivity index (χ4v) is 1.53.